The van der Waals surface area contributed by atoms with E-state index in [0.29, 0.717) is 16.9 Å². The highest BCUT2D eigenvalue weighted by molar-refractivity contribution is 6.46. The number of benzene rings is 3. The SMILES string of the molecule is COc1cccc(C2/C(=C(/O)c3ccc4c(c3)CCCC4)C(=O)C(=O)N2Cc2ccc(OC(C)C)cc2)c1. The van der Waals surface area contributed by atoms with Crippen LogP contribution in [0, 0.1) is 0 Å². The lowest BCUT2D eigenvalue weighted by atomic mass is 9.88. The standard InChI is InChI=1S/C32H33NO5/c1-20(2)38-26-15-11-21(12-16-26)19-33-29(24-9-6-10-27(18-24)37-3)28(31(35)32(33)36)30(34)25-14-13-22-7-4-5-8-23(22)17-25/h6,9-18,20,29,34H,4-5,7-8,19H2,1-3H3/b30-28-. The number of ketones is 1. The number of carbonyl (C=O) groups is 2. The van der Waals surface area contributed by atoms with Crippen molar-refractivity contribution in [1.29, 1.82) is 0 Å². The van der Waals surface area contributed by atoms with Gasteiger partial charge in [-0.15, -0.1) is 0 Å². The van der Waals surface area contributed by atoms with Crippen molar-refractivity contribution in [2.75, 3.05) is 7.11 Å². The number of aryl methyl sites for hydroxylation is 2. The van der Waals surface area contributed by atoms with Crippen LogP contribution in [-0.2, 0) is 29.0 Å². The van der Waals surface area contributed by atoms with E-state index in [1.807, 2.05) is 80.6 Å². The molecular weight excluding hydrogens is 478 g/mol. The van der Waals surface area contributed by atoms with E-state index in [1.165, 1.54) is 16.0 Å². The maximum Gasteiger partial charge on any atom is 0.295 e. The Hall–Kier alpha value is -4.06. The molecule has 2 aliphatic rings. The van der Waals surface area contributed by atoms with Crippen molar-refractivity contribution >= 4 is 17.4 Å². The Morgan fingerprint density at radius 3 is 2.39 bits per heavy atom. The Morgan fingerprint density at radius 2 is 1.68 bits per heavy atom. The first-order valence-electron chi connectivity index (χ1n) is 13.2. The Labute approximate surface area is 223 Å². The monoisotopic (exact) mass is 511 g/mol. The van der Waals surface area contributed by atoms with E-state index in [0.717, 1.165) is 37.0 Å². The van der Waals surface area contributed by atoms with Crippen molar-refractivity contribution in [3.8, 4) is 11.5 Å². The first-order valence-corrected chi connectivity index (χ1v) is 13.2. The fourth-order valence-electron chi connectivity index (χ4n) is 5.38. The average Bonchev–Trinajstić information content (AvgIpc) is 3.18. The topological polar surface area (TPSA) is 76.1 Å². The molecule has 0 aromatic heterocycles. The molecule has 6 heteroatoms. The predicted octanol–water partition coefficient (Wildman–Crippen LogP) is 5.98. The van der Waals surface area contributed by atoms with Gasteiger partial charge in [0.05, 0.1) is 24.8 Å². The van der Waals surface area contributed by atoms with Crippen molar-refractivity contribution in [2.45, 2.75) is 58.2 Å². The zero-order chi connectivity index (χ0) is 26.8. The van der Waals surface area contributed by atoms with Crippen LogP contribution in [0.5, 0.6) is 11.5 Å². The van der Waals surface area contributed by atoms with Crippen molar-refractivity contribution in [3.63, 3.8) is 0 Å². The second kappa shape index (κ2) is 10.7. The molecule has 1 amide bonds. The van der Waals surface area contributed by atoms with Crippen LogP contribution in [0.3, 0.4) is 0 Å². The number of aliphatic hydroxyl groups excluding tert-OH is 1. The third kappa shape index (κ3) is 5.03. The number of ether oxygens (including phenoxy) is 2. The number of Topliss-reactive ketones (excluding diaryl/α,β-unsaturated/α-hetero) is 1. The number of likely N-dealkylation sites (tertiary alicyclic amines) is 1. The maximum absolute atomic E-state index is 13.5. The number of aliphatic hydroxyl groups is 1. The fraction of sp³-hybridized carbons (Fsp3) is 0.312. The Bertz CT molecular complexity index is 1390. The molecule has 0 bridgehead atoms. The lowest BCUT2D eigenvalue weighted by Crippen LogP contribution is -2.29. The van der Waals surface area contributed by atoms with E-state index < -0.39 is 17.7 Å². The van der Waals surface area contributed by atoms with Crippen LogP contribution >= 0.6 is 0 Å². The second-order valence-electron chi connectivity index (χ2n) is 10.2. The molecule has 196 valence electrons. The molecule has 1 saturated heterocycles. The van der Waals surface area contributed by atoms with Crippen LogP contribution in [0.2, 0.25) is 0 Å². The lowest BCUT2D eigenvalue weighted by molar-refractivity contribution is -0.140. The van der Waals surface area contributed by atoms with Crippen molar-refractivity contribution in [3.05, 3.63) is 100 Å². The summed E-state index contributed by atoms with van der Waals surface area (Å²) in [5.41, 5.74) is 4.68. The van der Waals surface area contributed by atoms with Gasteiger partial charge in [0, 0.05) is 12.1 Å². The normalized spacial score (nSPS) is 18.5. The minimum Gasteiger partial charge on any atom is -0.507 e. The summed E-state index contributed by atoms with van der Waals surface area (Å²) >= 11 is 0. The third-order valence-electron chi connectivity index (χ3n) is 7.22. The van der Waals surface area contributed by atoms with Gasteiger partial charge in [-0.1, -0.05) is 36.4 Å². The molecule has 0 saturated carbocycles. The van der Waals surface area contributed by atoms with Gasteiger partial charge in [0.2, 0.25) is 0 Å². The van der Waals surface area contributed by atoms with Crippen molar-refractivity contribution < 1.29 is 24.2 Å². The average molecular weight is 512 g/mol. The van der Waals surface area contributed by atoms with Crippen LogP contribution in [-0.4, -0.2) is 34.9 Å². The molecule has 1 N–H and O–H groups in total. The highest BCUT2D eigenvalue weighted by Crippen LogP contribution is 2.41. The summed E-state index contributed by atoms with van der Waals surface area (Å²) < 4.78 is 11.2. The minimum absolute atomic E-state index is 0.0512. The summed E-state index contributed by atoms with van der Waals surface area (Å²) in [6.07, 6.45) is 4.28. The van der Waals surface area contributed by atoms with Gasteiger partial charge in [-0.25, -0.2) is 0 Å². The van der Waals surface area contributed by atoms with E-state index in [4.69, 9.17) is 9.47 Å². The van der Waals surface area contributed by atoms with Crippen LogP contribution in [0.1, 0.15) is 60.5 Å². The van der Waals surface area contributed by atoms with Gasteiger partial charge >= 0.3 is 0 Å². The number of carbonyl (C=O) groups excluding carboxylic acids is 2. The lowest BCUT2D eigenvalue weighted by Gasteiger charge is -2.26. The molecule has 1 unspecified atom stereocenters. The van der Waals surface area contributed by atoms with Gasteiger partial charge in [0.25, 0.3) is 11.7 Å². The smallest absolute Gasteiger partial charge is 0.295 e. The molecule has 0 spiro atoms. The minimum atomic E-state index is -0.757. The predicted molar refractivity (Wildman–Crippen MR) is 146 cm³/mol. The molecule has 5 rings (SSSR count). The number of rotatable bonds is 7. The highest BCUT2D eigenvalue weighted by atomic mass is 16.5. The number of nitrogens with zero attached hydrogens (tertiary/aromatic N) is 1. The van der Waals surface area contributed by atoms with E-state index in [1.54, 1.807) is 7.11 Å². The summed E-state index contributed by atoms with van der Waals surface area (Å²) in [6, 6.07) is 19.9. The van der Waals surface area contributed by atoms with Gasteiger partial charge in [0.15, 0.2) is 0 Å². The van der Waals surface area contributed by atoms with Crippen LogP contribution in [0.4, 0.5) is 0 Å². The summed E-state index contributed by atoms with van der Waals surface area (Å²) in [4.78, 5) is 28.4. The largest absolute Gasteiger partial charge is 0.507 e. The molecule has 1 heterocycles. The number of methoxy groups -OCH3 is 1. The number of hydrogen-bond donors (Lipinski definition) is 1. The van der Waals surface area contributed by atoms with Crippen LogP contribution in [0.15, 0.2) is 72.3 Å². The highest BCUT2D eigenvalue weighted by Gasteiger charge is 2.46. The van der Waals surface area contributed by atoms with Gasteiger partial charge < -0.3 is 19.5 Å². The molecule has 3 aromatic rings. The third-order valence-corrected chi connectivity index (χ3v) is 7.22. The Kier molecular flexibility index (Phi) is 7.23. The molecule has 6 nitrogen and oxygen atoms in total. The van der Waals surface area contributed by atoms with Gasteiger partial charge in [-0.3, -0.25) is 9.59 Å². The van der Waals surface area contributed by atoms with Gasteiger partial charge in [-0.2, -0.15) is 0 Å². The molecule has 3 aromatic carbocycles. The molecule has 38 heavy (non-hydrogen) atoms. The summed E-state index contributed by atoms with van der Waals surface area (Å²) in [6.45, 7) is 4.13. The first kappa shape index (κ1) is 25.6. The first-order chi connectivity index (χ1) is 18.4. The van der Waals surface area contributed by atoms with Crippen molar-refractivity contribution in [2.24, 2.45) is 0 Å². The summed E-state index contributed by atoms with van der Waals surface area (Å²) in [5, 5.41) is 11.5. The zero-order valence-corrected chi connectivity index (χ0v) is 22.1. The number of fused-ring (bicyclic) bond motifs is 1. The van der Waals surface area contributed by atoms with Gasteiger partial charge in [0.1, 0.15) is 17.3 Å². The number of hydrogen-bond acceptors (Lipinski definition) is 5. The Morgan fingerprint density at radius 1 is 0.947 bits per heavy atom. The van der Waals surface area contributed by atoms with E-state index in [9.17, 15) is 14.7 Å². The fourth-order valence-corrected chi connectivity index (χ4v) is 5.38. The molecule has 0 radical (unpaired) electrons. The van der Waals surface area contributed by atoms with Crippen molar-refractivity contribution in [1.82, 2.24) is 4.90 Å². The molecule has 1 fully saturated rings. The zero-order valence-electron chi connectivity index (χ0n) is 22.1. The summed E-state index contributed by atoms with van der Waals surface area (Å²) in [5.74, 6) is -0.125. The molecule has 1 aliphatic carbocycles. The van der Waals surface area contributed by atoms with Crippen LogP contribution < -0.4 is 9.47 Å². The van der Waals surface area contributed by atoms with Crippen LogP contribution in [0.25, 0.3) is 5.76 Å². The van der Waals surface area contributed by atoms with E-state index >= 15 is 0 Å². The molecule has 1 aliphatic heterocycles. The van der Waals surface area contributed by atoms with E-state index in [2.05, 4.69) is 0 Å². The maximum atomic E-state index is 13.5. The molecule has 1 atom stereocenters. The molecular formula is C32H33NO5. The number of amides is 1. The van der Waals surface area contributed by atoms with Gasteiger partial charge in [-0.05, 0) is 92.1 Å². The Balaban J connectivity index is 1.57. The second-order valence-corrected chi connectivity index (χ2v) is 10.2. The van der Waals surface area contributed by atoms with E-state index in [-0.39, 0.29) is 24.0 Å². The quantitative estimate of drug-likeness (QED) is 0.240. The summed E-state index contributed by atoms with van der Waals surface area (Å²) in [7, 11) is 1.57.